The van der Waals surface area contributed by atoms with Crippen LogP contribution >= 0.6 is 15.9 Å². The number of carboxylic acid groups (broad SMARTS) is 1. The van der Waals surface area contributed by atoms with Gasteiger partial charge in [-0.25, -0.2) is 4.79 Å². The number of aliphatic carboxylic acids is 1. The highest BCUT2D eigenvalue weighted by Crippen LogP contribution is 2.02. The van der Waals surface area contributed by atoms with E-state index in [-0.39, 0.29) is 5.57 Å². The first-order valence-electron chi connectivity index (χ1n) is 4.06. The van der Waals surface area contributed by atoms with E-state index in [1.54, 1.807) is 0 Å². The van der Waals surface area contributed by atoms with E-state index in [1.165, 1.54) is 12.5 Å². The van der Waals surface area contributed by atoms with E-state index in [1.807, 2.05) is 18.2 Å². The molecule has 0 unspecified atom stereocenters. The molecule has 1 aromatic carbocycles. The third kappa shape index (κ3) is 6.43. The predicted octanol–water partition coefficient (Wildman–Crippen LogP) is 3.23. The lowest BCUT2D eigenvalue weighted by atomic mass is 10.2. The van der Waals surface area contributed by atoms with Crippen LogP contribution in [0.1, 0.15) is 12.5 Å². The predicted molar refractivity (Wildman–Crippen MR) is 61.5 cm³/mol. The van der Waals surface area contributed by atoms with Crippen molar-refractivity contribution in [2.45, 2.75) is 12.3 Å². The zero-order valence-corrected chi connectivity index (χ0v) is 9.62. The van der Waals surface area contributed by atoms with Gasteiger partial charge in [0, 0.05) is 10.9 Å². The molecule has 1 rings (SSSR count). The summed E-state index contributed by atoms with van der Waals surface area (Å²) < 4.78 is 0. The highest BCUT2D eigenvalue weighted by Gasteiger charge is 1.90. The summed E-state index contributed by atoms with van der Waals surface area (Å²) in [7, 11) is 0. The molecule has 0 aliphatic rings. The Labute approximate surface area is 92.4 Å². The Kier molecular flexibility index (Phi) is 6.76. The Morgan fingerprint density at radius 3 is 2.07 bits per heavy atom. The van der Waals surface area contributed by atoms with Crippen LogP contribution in [0.25, 0.3) is 0 Å². The molecular weight excluding hydrogens is 244 g/mol. The molecule has 3 heteroatoms. The Balaban J connectivity index is 0.000000255. The maximum absolute atomic E-state index is 9.60. The number of carboxylic acids is 1. The number of hydrogen-bond donors (Lipinski definition) is 1. The molecule has 0 heterocycles. The lowest BCUT2D eigenvalue weighted by molar-refractivity contribution is -0.132. The van der Waals surface area contributed by atoms with Crippen molar-refractivity contribution in [3.8, 4) is 0 Å². The Morgan fingerprint density at radius 2 is 1.86 bits per heavy atom. The van der Waals surface area contributed by atoms with E-state index >= 15 is 0 Å². The first-order chi connectivity index (χ1) is 6.57. The summed E-state index contributed by atoms with van der Waals surface area (Å²) in [6, 6.07) is 10.3. The van der Waals surface area contributed by atoms with Gasteiger partial charge < -0.3 is 5.11 Å². The Hall–Kier alpha value is -1.09. The summed E-state index contributed by atoms with van der Waals surface area (Å²) >= 11 is 3.36. The first kappa shape index (κ1) is 12.9. The van der Waals surface area contributed by atoms with Gasteiger partial charge >= 0.3 is 5.97 Å². The van der Waals surface area contributed by atoms with Crippen LogP contribution in [-0.4, -0.2) is 11.1 Å². The third-order valence-corrected chi connectivity index (χ3v) is 2.01. The number of alkyl halides is 1. The zero-order chi connectivity index (χ0) is 11.0. The fourth-order valence-electron chi connectivity index (χ4n) is 0.567. The minimum absolute atomic E-state index is 0.176. The van der Waals surface area contributed by atoms with Crippen LogP contribution < -0.4 is 0 Å². The van der Waals surface area contributed by atoms with Crippen LogP contribution in [0.5, 0.6) is 0 Å². The third-order valence-electron chi connectivity index (χ3n) is 1.36. The quantitative estimate of drug-likeness (QED) is 0.652. The van der Waals surface area contributed by atoms with E-state index in [0.717, 1.165) is 5.33 Å². The average Bonchev–Trinajstić information content (AvgIpc) is 2.20. The minimum atomic E-state index is -0.935. The van der Waals surface area contributed by atoms with Crippen LogP contribution in [0, 0.1) is 0 Å². The summed E-state index contributed by atoms with van der Waals surface area (Å²) in [6.45, 7) is 4.60. The molecular formula is C11H13BrO2. The van der Waals surface area contributed by atoms with Gasteiger partial charge in [0.25, 0.3) is 0 Å². The average molecular weight is 257 g/mol. The summed E-state index contributed by atoms with van der Waals surface area (Å²) in [5.41, 5.74) is 1.50. The number of halogens is 1. The lowest BCUT2D eigenvalue weighted by Crippen LogP contribution is -1.92. The lowest BCUT2D eigenvalue weighted by Gasteiger charge is -1.88. The summed E-state index contributed by atoms with van der Waals surface area (Å²) in [4.78, 5) is 9.60. The number of benzene rings is 1. The topological polar surface area (TPSA) is 37.3 Å². The van der Waals surface area contributed by atoms with Gasteiger partial charge in [0.15, 0.2) is 0 Å². The number of carbonyl (C=O) groups is 1. The molecule has 0 aliphatic carbocycles. The zero-order valence-electron chi connectivity index (χ0n) is 8.03. The van der Waals surface area contributed by atoms with Gasteiger partial charge in [0.2, 0.25) is 0 Å². The van der Waals surface area contributed by atoms with Crippen molar-refractivity contribution in [3.63, 3.8) is 0 Å². The standard InChI is InChI=1S/C7H7Br.C4H6O2/c8-6-7-4-2-1-3-5-7;1-3(2)4(5)6/h1-5H,6H2;1H2,2H3,(H,5,6). The van der Waals surface area contributed by atoms with Crippen molar-refractivity contribution < 1.29 is 9.90 Å². The van der Waals surface area contributed by atoms with E-state index in [9.17, 15) is 4.79 Å². The molecule has 0 aromatic heterocycles. The summed E-state index contributed by atoms with van der Waals surface area (Å²) in [6.07, 6.45) is 0. The fraction of sp³-hybridized carbons (Fsp3) is 0.182. The number of rotatable bonds is 2. The molecule has 0 aliphatic heterocycles. The minimum Gasteiger partial charge on any atom is -0.478 e. The monoisotopic (exact) mass is 256 g/mol. The van der Waals surface area contributed by atoms with Gasteiger partial charge in [-0.15, -0.1) is 0 Å². The van der Waals surface area contributed by atoms with Gasteiger partial charge in [-0.2, -0.15) is 0 Å². The van der Waals surface area contributed by atoms with Gasteiger partial charge in [0.05, 0.1) is 0 Å². The van der Waals surface area contributed by atoms with E-state index < -0.39 is 5.97 Å². The van der Waals surface area contributed by atoms with Crippen molar-refractivity contribution >= 4 is 21.9 Å². The molecule has 0 amide bonds. The second-order valence-corrected chi connectivity index (χ2v) is 3.27. The van der Waals surface area contributed by atoms with Crippen molar-refractivity contribution in [1.82, 2.24) is 0 Å². The second kappa shape index (κ2) is 7.33. The van der Waals surface area contributed by atoms with Gasteiger partial charge in [-0.3, -0.25) is 0 Å². The molecule has 0 saturated heterocycles. The molecule has 76 valence electrons. The smallest absolute Gasteiger partial charge is 0.330 e. The molecule has 14 heavy (non-hydrogen) atoms. The van der Waals surface area contributed by atoms with E-state index in [2.05, 4.69) is 34.6 Å². The summed E-state index contributed by atoms with van der Waals surface area (Å²) in [5.74, 6) is -0.935. The number of hydrogen-bond acceptors (Lipinski definition) is 1. The van der Waals surface area contributed by atoms with E-state index in [0.29, 0.717) is 0 Å². The highest BCUT2D eigenvalue weighted by molar-refractivity contribution is 9.08. The van der Waals surface area contributed by atoms with Crippen LogP contribution in [-0.2, 0) is 10.1 Å². The normalized spacial score (nSPS) is 8.43. The maximum Gasteiger partial charge on any atom is 0.330 e. The SMILES string of the molecule is BrCc1ccccc1.C=C(C)C(=O)O. The maximum atomic E-state index is 9.60. The van der Waals surface area contributed by atoms with Crippen molar-refractivity contribution in [3.05, 3.63) is 48.0 Å². The van der Waals surface area contributed by atoms with Crippen molar-refractivity contribution in [1.29, 1.82) is 0 Å². The van der Waals surface area contributed by atoms with Crippen LogP contribution in [0.3, 0.4) is 0 Å². The van der Waals surface area contributed by atoms with Gasteiger partial charge in [-0.1, -0.05) is 52.8 Å². The summed E-state index contributed by atoms with van der Waals surface area (Å²) in [5, 5.41) is 8.84. The highest BCUT2D eigenvalue weighted by atomic mass is 79.9. The molecule has 1 aromatic rings. The van der Waals surface area contributed by atoms with Gasteiger partial charge in [0.1, 0.15) is 0 Å². The van der Waals surface area contributed by atoms with Crippen molar-refractivity contribution in [2.24, 2.45) is 0 Å². The Morgan fingerprint density at radius 1 is 1.43 bits per heavy atom. The first-order valence-corrected chi connectivity index (χ1v) is 5.18. The molecule has 0 bridgehead atoms. The van der Waals surface area contributed by atoms with Crippen LogP contribution in [0.15, 0.2) is 42.5 Å². The Bertz CT molecular complexity index is 281. The molecule has 0 spiro atoms. The molecule has 1 N–H and O–H groups in total. The molecule has 0 saturated carbocycles. The largest absolute Gasteiger partial charge is 0.478 e. The molecule has 2 nitrogen and oxygen atoms in total. The molecule has 0 atom stereocenters. The molecule has 0 fully saturated rings. The molecule has 0 radical (unpaired) electrons. The van der Waals surface area contributed by atoms with Crippen LogP contribution in [0.4, 0.5) is 0 Å². The van der Waals surface area contributed by atoms with E-state index in [4.69, 9.17) is 5.11 Å². The van der Waals surface area contributed by atoms with Crippen molar-refractivity contribution in [2.75, 3.05) is 0 Å². The van der Waals surface area contributed by atoms with Gasteiger partial charge in [-0.05, 0) is 12.5 Å². The fourth-order valence-corrected chi connectivity index (χ4v) is 0.941. The van der Waals surface area contributed by atoms with Crippen LogP contribution in [0.2, 0.25) is 0 Å². The second-order valence-electron chi connectivity index (χ2n) is 2.70.